The molecule has 0 aliphatic heterocycles. The van der Waals surface area contributed by atoms with Crippen molar-refractivity contribution in [3.05, 3.63) is 89.8 Å². The second kappa shape index (κ2) is 10.6. The maximum absolute atomic E-state index is 13.2. The Kier molecular flexibility index (Phi) is 7.42. The summed E-state index contributed by atoms with van der Waals surface area (Å²) in [6.45, 7) is 0.739. The van der Waals surface area contributed by atoms with Crippen LogP contribution in [0.5, 0.6) is 5.75 Å². The molecule has 0 radical (unpaired) electrons. The lowest BCUT2D eigenvalue weighted by Gasteiger charge is -2.25. The minimum absolute atomic E-state index is 0.00573. The third kappa shape index (κ3) is 5.68. The summed E-state index contributed by atoms with van der Waals surface area (Å²) in [7, 11) is 0. The number of aromatic nitrogens is 2. The van der Waals surface area contributed by atoms with Crippen LogP contribution in [-0.2, 0) is 19.6 Å². The van der Waals surface area contributed by atoms with Gasteiger partial charge in [-0.05, 0) is 54.7 Å². The molecule has 1 heterocycles. The SMILES string of the molecule is OC[C@@H]1[C@@H](Cc2ccnc(COc3ccccc3)n2)[C@H](NCc2ccc(F)cc2)C[C@H]1O. The highest BCUT2D eigenvalue weighted by Crippen LogP contribution is 2.35. The predicted molar refractivity (Wildman–Crippen MR) is 118 cm³/mol. The number of para-hydroxylation sites is 1. The van der Waals surface area contributed by atoms with Gasteiger partial charge in [0.1, 0.15) is 18.2 Å². The Morgan fingerprint density at radius 3 is 2.56 bits per heavy atom. The minimum Gasteiger partial charge on any atom is -0.486 e. The summed E-state index contributed by atoms with van der Waals surface area (Å²) in [6.07, 6.45) is 2.28. The molecule has 0 amide bonds. The van der Waals surface area contributed by atoms with Gasteiger partial charge in [0.15, 0.2) is 5.82 Å². The summed E-state index contributed by atoms with van der Waals surface area (Å²) in [4.78, 5) is 8.94. The van der Waals surface area contributed by atoms with E-state index in [1.807, 2.05) is 36.4 Å². The molecule has 0 saturated heterocycles. The Hall–Kier alpha value is -2.87. The van der Waals surface area contributed by atoms with Crippen LogP contribution < -0.4 is 10.1 Å². The van der Waals surface area contributed by atoms with Crippen molar-refractivity contribution in [3.63, 3.8) is 0 Å². The van der Waals surface area contributed by atoms with Crippen molar-refractivity contribution in [3.8, 4) is 5.75 Å². The van der Waals surface area contributed by atoms with Crippen molar-refractivity contribution in [1.82, 2.24) is 15.3 Å². The molecule has 1 aliphatic carbocycles. The first kappa shape index (κ1) is 22.3. The molecule has 2 aromatic carbocycles. The van der Waals surface area contributed by atoms with Gasteiger partial charge in [0.2, 0.25) is 0 Å². The van der Waals surface area contributed by atoms with Crippen LogP contribution in [0.4, 0.5) is 4.39 Å². The van der Waals surface area contributed by atoms with E-state index in [1.165, 1.54) is 12.1 Å². The number of hydrogen-bond donors (Lipinski definition) is 3. The molecule has 3 aromatic rings. The van der Waals surface area contributed by atoms with E-state index in [2.05, 4.69) is 15.3 Å². The first-order valence-electron chi connectivity index (χ1n) is 10.9. The molecule has 32 heavy (non-hydrogen) atoms. The van der Waals surface area contributed by atoms with Crippen molar-refractivity contribution < 1.29 is 19.3 Å². The Labute approximate surface area is 187 Å². The molecule has 1 aromatic heterocycles. The average molecular weight is 438 g/mol. The van der Waals surface area contributed by atoms with Gasteiger partial charge in [-0.25, -0.2) is 14.4 Å². The highest BCUT2D eigenvalue weighted by atomic mass is 19.1. The Morgan fingerprint density at radius 2 is 1.81 bits per heavy atom. The summed E-state index contributed by atoms with van der Waals surface area (Å²) >= 11 is 0. The lowest BCUT2D eigenvalue weighted by molar-refractivity contribution is 0.0715. The second-order valence-electron chi connectivity index (χ2n) is 8.20. The van der Waals surface area contributed by atoms with E-state index in [4.69, 9.17) is 4.74 Å². The van der Waals surface area contributed by atoms with Crippen LogP contribution >= 0.6 is 0 Å². The molecule has 0 unspecified atom stereocenters. The number of benzene rings is 2. The van der Waals surface area contributed by atoms with Crippen molar-refractivity contribution >= 4 is 0 Å². The number of rotatable bonds is 9. The predicted octanol–water partition coefficient (Wildman–Crippen LogP) is 2.88. The molecular formula is C25H28FN3O3. The van der Waals surface area contributed by atoms with Crippen LogP contribution in [0.15, 0.2) is 66.9 Å². The van der Waals surface area contributed by atoms with Gasteiger partial charge in [-0.15, -0.1) is 0 Å². The fraction of sp³-hybridized carbons (Fsp3) is 0.360. The van der Waals surface area contributed by atoms with Gasteiger partial charge >= 0.3 is 0 Å². The lowest BCUT2D eigenvalue weighted by atomic mass is 9.88. The van der Waals surface area contributed by atoms with E-state index in [9.17, 15) is 14.6 Å². The van der Waals surface area contributed by atoms with Crippen LogP contribution in [-0.4, -0.2) is 38.9 Å². The molecule has 3 N–H and O–H groups in total. The van der Waals surface area contributed by atoms with Crippen LogP contribution in [0.1, 0.15) is 23.5 Å². The topological polar surface area (TPSA) is 87.5 Å². The fourth-order valence-corrected chi connectivity index (χ4v) is 4.36. The van der Waals surface area contributed by atoms with Gasteiger partial charge < -0.3 is 20.3 Å². The molecule has 6 nitrogen and oxygen atoms in total. The third-order valence-corrected chi connectivity index (χ3v) is 6.07. The molecule has 4 rings (SSSR count). The zero-order valence-corrected chi connectivity index (χ0v) is 17.8. The lowest BCUT2D eigenvalue weighted by Crippen LogP contribution is -2.36. The highest BCUT2D eigenvalue weighted by molar-refractivity contribution is 5.21. The average Bonchev–Trinajstić information content (AvgIpc) is 3.12. The summed E-state index contributed by atoms with van der Waals surface area (Å²) < 4.78 is 18.9. The van der Waals surface area contributed by atoms with Gasteiger partial charge in [-0.2, -0.15) is 0 Å². The molecule has 4 atom stereocenters. The number of hydrogen-bond acceptors (Lipinski definition) is 6. The van der Waals surface area contributed by atoms with E-state index in [1.54, 1.807) is 18.3 Å². The first-order valence-corrected chi connectivity index (χ1v) is 10.9. The van der Waals surface area contributed by atoms with Gasteiger partial charge in [-0.3, -0.25) is 0 Å². The summed E-state index contributed by atoms with van der Waals surface area (Å²) in [5, 5.41) is 23.9. The Balaban J connectivity index is 1.41. The number of nitrogens with one attached hydrogen (secondary N) is 1. The molecule has 1 saturated carbocycles. The van der Waals surface area contributed by atoms with Gasteiger partial charge in [0, 0.05) is 37.0 Å². The monoisotopic (exact) mass is 437 g/mol. The largest absolute Gasteiger partial charge is 0.486 e. The summed E-state index contributed by atoms with van der Waals surface area (Å²) in [5.74, 6) is 0.846. The standard InChI is InChI=1S/C25H28FN3O3/c26-18-8-6-17(7-9-18)14-28-23-13-24(31)22(15-30)21(23)12-19-10-11-27-25(29-19)16-32-20-4-2-1-3-5-20/h1-11,21-24,28,30-31H,12-16H2/t21-,22-,23-,24-/m1/s1. The molecule has 1 aliphatic rings. The van der Waals surface area contributed by atoms with Crippen molar-refractivity contribution in [2.45, 2.75) is 38.1 Å². The van der Waals surface area contributed by atoms with E-state index in [0.717, 1.165) is 17.0 Å². The Bertz CT molecular complexity index is 987. The Morgan fingerprint density at radius 1 is 1.03 bits per heavy atom. The smallest absolute Gasteiger partial charge is 0.166 e. The number of aliphatic hydroxyl groups is 2. The molecular weight excluding hydrogens is 409 g/mol. The van der Waals surface area contributed by atoms with Crippen LogP contribution in [0.3, 0.4) is 0 Å². The third-order valence-electron chi connectivity index (χ3n) is 6.07. The number of nitrogens with zero attached hydrogens (tertiary/aromatic N) is 2. The summed E-state index contributed by atoms with van der Waals surface area (Å²) in [6, 6.07) is 17.7. The highest BCUT2D eigenvalue weighted by Gasteiger charge is 2.42. The zero-order valence-electron chi connectivity index (χ0n) is 17.8. The van der Waals surface area contributed by atoms with Gasteiger partial charge in [0.05, 0.1) is 6.10 Å². The van der Waals surface area contributed by atoms with E-state index >= 15 is 0 Å². The van der Waals surface area contributed by atoms with Crippen LogP contribution in [0.25, 0.3) is 0 Å². The molecule has 0 bridgehead atoms. The fourth-order valence-electron chi connectivity index (χ4n) is 4.36. The molecule has 1 fully saturated rings. The number of aliphatic hydroxyl groups excluding tert-OH is 2. The van der Waals surface area contributed by atoms with Crippen LogP contribution in [0.2, 0.25) is 0 Å². The van der Waals surface area contributed by atoms with Gasteiger partial charge in [-0.1, -0.05) is 30.3 Å². The van der Waals surface area contributed by atoms with Gasteiger partial charge in [0.25, 0.3) is 0 Å². The molecule has 7 heteroatoms. The number of ether oxygens (including phenoxy) is 1. The normalized spacial score (nSPS) is 22.7. The van der Waals surface area contributed by atoms with Crippen molar-refractivity contribution in [2.24, 2.45) is 11.8 Å². The van der Waals surface area contributed by atoms with E-state index < -0.39 is 6.10 Å². The molecule has 0 spiro atoms. The maximum atomic E-state index is 13.2. The van der Waals surface area contributed by atoms with Crippen molar-refractivity contribution in [1.29, 1.82) is 0 Å². The summed E-state index contributed by atoms with van der Waals surface area (Å²) in [5.41, 5.74) is 1.81. The van der Waals surface area contributed by atoms with Crippen LogP contribution in [0, 0.1) is 17.7 Å². The molecule has 168 valence electrons. The first-order chi connectivity index (χ1) is 15.6. The zero-order chi connectivity index (χ0) is 22.3. The number of halogens is 1. The van der Waals surface area contributed by atoms with E-state index in [0.29, 0.717) is 25.2 Å². The van der Waals surface area contributed by atoms with Crippen molar-refractivity contribution in [2.75, 3.05) is 6.61 Å². The minimum atomic E-state index is -0.585. The second-order valence-corrected chi connectivity index (χ2v) is 8.20. The quantitative estimate of drug-likeness (QED) is 0.477. The maximum Gasteiger partial charge on any atom is 0.166 e. The van der Waals surface area contributed by atoms with E-state index in [-0.39, 0.29) is 36.9 Å².